The van der Waals surface area contributed by atoms with E-state index in [4.69, 9.17) is 4.84 Å². The molecule has 0 aromatic carbocycles. The number of amides is 2. The summed E-state index contributed by atoms with van der Waals surface area (Å²) in [7, 11) is 2.80. The van der Waals surface area contributed by atoms with E-state index in [1.165, 1.54) is 14.2 Å². The molecule has 0 aliphatic heterocycles. The molecule has 0 atom stereocenters. The van der Waals surface area contributed by atoms with E-state index in [-0.39, 0.29) is 12.2 Å². The van der Waals surface area contributed by atoms with Crippen LogP contribution in [-0.4, -0.2) is 57.3 Å². The maximum absolute atomic E-state index is 12.5. The molecule has 9 heteroatoms. The SMILES string of the molecule is CCN(C(=O)O)n1nc(-n2c(C)ccc2C)cc1C(=O)N(C)OC. The minimum atomic E-state index is -1.21. The van der Waals surface area contributed by atoms with E-state index in [0.29, 0.717) is 5.82 Å². The molecule has 0 saturated carbocycles. The first-order valence-corrected chi connectivity index (χ1v) is 7.40. The van der Waals surface area contributed by atoms with E-state index in [1.807, 2.05) is 30.5 Å². The largest absolute Gasteiger partial charge is 0.464 e. The Morgan fingerprint density at radius 1 is 1.29 bits per heavy atom. The lowest BCUT2D eigenvalue weighted by Crippen LogP contribution is -2.43. The van der Waals surface area contributed by atoms with Crippen molar-refractivity contribution in [1.82, 2.24) is 19.5 Å². The van der Waals surface area contributed by atoms with Crippen molar-refractivity contribution in [2.45, 2.75) is 20.8 Å². The van der Waals surface area contributed by atoms with Crippen molar-refractivity contribution >= 4 is 12.0 Å². The van der Waals surface area contributed by atoms with E-state index < -0.39 is 12.0 Å². The first kappa shape index (κ1) is 17.5. The quantitative estimate of drug-likeness (QED) is 0.837. The Hall–Kier alpha value is -2.81. The molecule has 0 fully saturated rings. The Morgan fingerprint density at radius 3 is 2.33 bits per heavy atom. The van der Waals surface area contributed by atoms with Crippen molar-refractivity contribution in [1.29, 1.82) is 0 Å². The molecule has 2 amide bonds. The molecule has 130 valence electrons. The molecule has 0 aliphatic rings. The maximum Gasteiger partial charge on any atom is 0.427 e. The maximum atomic E-state index is 12.5. The molecular formula is C15H21N5O4. The van der Waals surface area contributed by atoms with Crippen LogP contribution in [-0.2, 0) is 4.84 Å². The lowest BCUT2D eigenvalue weighted by Gasteiger charge is -2.20. The fraction of sp³-hybridized carbons (Fsp3) is 0.400. The van der Waals surface area contributed by atoms with Crippen LogP contribution < -0.4 is 5.01 Å². The number of rotatable bonds is 5. The summed E-state index contributed by atoms with van der Waals surface area (Å²) in [4.78, 5) is 30.0. The predicted octanol–water partition coefficient (Wildman–Crippen LogP) is 1.56. The number of carbonyl (C=O) groups is 2. The van der Waals surface area contributed by atoms with E-state index in [2.05, 4.69) is 5.10 Å². The topological polar surface area (TPSA) is 92.8 Å². The third kappa shape index (κ3) is 2.98. The lowest BCUT2D eigenvalue weighted by molar-refractivity contribution is -0.0763. The molecule has 9 nitrogen and oxygen atoms in total. The Labute approximate surface area is 139 Å². The molecule has 2 aromatic rings. The minimum absolute atomic E-state index is 0.0890. The third-order valence-electron chi connectivity index (χ3n) is 3.71. The highest BCUT2D eigenvalue weighted by molar-refractivity contribution is 5.93. The average molecular weight is 335 g/mol. The molecule has 0 aliphatic carbocycles. The second kappa shape index (κ2) is 6.75. The van der Waals surface area contributed by atoms with Crippen molar-refractivity contribution < 1.29 is 19.5 Å². The standard InChI is InChI=1S/C15H21N5O4/c1-6-18(15(22)23)20-12(14(21)17(4)24-5)9-13(16-20)19-10(2)7-8-11(19)3/h7-9H,6H2,1-5H3,(H,22,23). The molecule has 0 bridgehead atoms. The highest BCUT2D eigenvalue weighted by Crippen LogP contribution is 2.18. The summed E-state index contributed by atoms with van der Waals surface area (Å²) in [6, 6.07) is 5.39. The summed E-state index contributed by atoms with van der Waals surface area (Å²) in [6.07, 6.45) is -1.21. The smallest absolute Gasteiger partial charge is 0.427 e. The van der Waals surface area contributed by atoms with Crippen LogP contribution in [0.3, 0.4) is 0 Å². The molecule has 0 saturated heterocycles. The van der Waals surface area contributed by atoms with Crippen LogP contribution in [0.5, 0.6) is 0 Å². The van der Waals surface area contributed by atoms with Gasteiger partial charge in [-0.3, -0.25) is 9.63 Å². The fourth-order valence-electron chi connectivity index (χ4n) is 2.42. The Kier molecular flexibility index (Phi) is 4.93. The Bertz CT molecular complexity index is 745. The number of hydrogen-bond acceptors (Lipinski definition) is 4. The van der Waals surface area contributed by atoms with Crippen LogP contribution in [0.4, 0.5) is 4.79 Å². The van der Waals surface area contributed by atoms with E-state index in [0.717, 1.165) is 26.3 Å². The summed E-state index contributed by atoms with van der Waals surface area (Å²) in [5.41, 5.74) is 1.94. The molecule has 0 spiro atoms. The second-order valence-electron chi connectivity index (χ2n) is 5.21. The first-order chi connectivity index (χ1) is 11.3. The monoisotopic (exact) mass is 335 g/mol. The van der Waals surface area contributed by atoms with E-state index in [9.17, 15) is 14.7 Å². The predicted molar refractivity (Wildman–Crippen MR) is 86.9 cm³/mol. The highest BCUT2D eigenvalue weighted by Gasteiger charge is 2.26. The van der Waals surface area contributed by atoms with Crippen LogP contribution in [0.15, 0.2) is 18.2 Å². The van der Waals surface area contributed by atoms with Crippen molar-refractivity contribution in [3.63, 3.8) is 0 Å². The zero-order valence-electron chi connectivity index (χ0n) is 14.3. The van der Waals surface area contributed by atoms with Gasteiger partial charge in [0, 0.05) is 31.0 Å². The summed E-state index contributed by atoms with van der Waals surface area (Å²) < 4.78 is 1.84. The van der Waals surface area contributed by atoms with Crippen molar-refractivity contribution in [2.75, 3.05) is 25.7 Å². The first-order valence-electron chi connectivity index (χ1n) is 7.40. The van der Waals surface area contributed by atoms with Crippen LogP contribution in [0, 0.1) is 13.8 Å². The van der Waals surface area contributed by atoms with Crippen LogP contribution in [0.1, 0.15) is 28.8 Å². The number of hydrogen-bond donors (Lipinski definition) is 1. The van der Waals surface area contributed by atoms with Crippen LogP contribution >= 0.6 is 0 Å². The molecule has 0 unspecified atom stereocenters. The van der Waals surface area contributed by atoms with Crippen molar-refractivity contribution in [3.8, 4) is 5.82 Å². The summed E-state index contributed by atoms with van der Waals surface area (Å²) >= 11 is 0. The number of carboxylic acid groups (broad SMARTS) is 1. The van der Waals surface area contributed by atoms with Gasteiger partial charge in [0.05, 0.1) is 7.11 Å². The van der Waals surface area contributed by atoms with Gasteiger partial charge in [0.15, 0.2) is 11.5 Å². The van der Waals surface area contributed by atoms with Gasteiger partial charge in [0.25, 0.3) is 5.91 Å². The second-order valence-corrected chi connectivity index (χ2v) is 5.21. The van der Waals surface area contributed by atoms with E-state index >= 15 is 0 Å². The summed E-state index contributed by atoms with van der Waals surface area (Å²) in [5.74, 6) is -0.0408. The number of aryl methyl sites for hydroxylation is 2. The van der Waals surface area contributed by atoms with E-state index in [1.54, 1.807) is 13.0 Å². The van der Waals surface area contributed by atoms with Gasteiger partial charge in [-0.2, -0.15) is 9.80 Å². The molecular weight excluding hydrogens is 314 g/mol. The zero-order chi connectivity index (χ0) is 18.0. The van der Waals surface area contributed by atoms with Gasteiger partial charge in [-0.25, -0.2) is 9.86 Å². The number of aromatic nitrogens is 3. The minimum Gasteiger partial charge on any atom is -0.464 e. The normalized spacial score (nSPS) is 10.7. The van der Waals surface area contributed by atoms with Gasteiger partial charge in [-0.05, 0) is 32.9 Å². The Balaban J connectivity index is 2.64. The summed E-state index contributed by atoms with van der Waals surface area (Å²) in [6.45, 7) is 5.61. The molecule has 24 heavy (non-hydrogen) atoms. The molecule has 2 heterocycles. The molecule has 0 radical (unpaired) electrons. The molecule has 2 rings (SSSR count). The van der Waals surface area contributed by atoms with Gasteiger partial charge in [-0.15, -0.1) is 5.10 Å². The van der Waals surface area contributed by atoms with Crippen LogP contribution in [0.25, 0.3) is 5.82 Å². The number of carbonyl (C=O) groups excluding carboxylic acids is 1. The lowest BCUT2D eigenvalue weighted by atomic mass is 10.4. The van der Waals surface area contributed by atoms with Gasteiger partial charge >= 0.3 is 6.09 Å². The number of hydroxylamine groups is 2. The van der Waals surface area contributed by atoms with Crippen molar-refractivity contribution in [2.24, 2.45) is 0 Å². The third-order valence-corrected chi connectivity index (χ3v) is 3.71. The van der Waals surface area contributed by atoms with Gasteiger partial charge < -0.3 is 9.67 Å². The molecule has 2 aromatic heterocycles. The number of nitrogens with zero attached hydrogens (tertiary/aromatic N) is 5. The fourth-order valence-corrected chi connectivity index (χ4v) is 2.42. The Morgan fingerprint density at radius 2 is 1.88 bits per heavy atom. The van der Waals surface area contributed by atoms with Crippen molar-refractivity contribution in [3.05, 3.63) is 35.3 Å². The van der Waals surface area contributed by atoms with Gasteiger partial charge in [-0.1, -0.05) is 0 Å². The summed E-state index contributed by atoms with van der Waals surface area (Å²) in [5, 5.41) is 15.7. The van der Waals surface area contributed by atoms with Crippen LogP contribution in [0.2, 0.25) is 0 Å². The highest BCUT2D eigenvalue weighted by atomic mass is 16.7. The zero-order valence-corrected chi connectivity index (χ0v) is 14.3. The molecule has 1 N–H and O–H groups in total. The average Bonchev–Trinajstić information content (AvgIpc) is 3.10. The van der Waals surface area contributed by atoms with Gasteiger partial charge in [0.2, 0.25) is 0 Å². The van der Waals surface area contributed by atoms with Gasteiger partial charge in [0.1, 0.15) is 0 Å².